The molecule has 28 heteroatoms. The molecule has 0 rings (SSSR count). The van der Waals surface area contributed by atoms with Gasteiger partial charge in [-0.25, -0.2) is 0 Å². The minimum Gasteiger partial charge on any atom is -0.394 e. The maximum absolute atomic E-state index is 11.8. The van der Waals surface area contributed by atoms with Crippen LogP contribution in [0.4, 0.5) is 0 Å². The molecule has 0 fully saturated rings. The number of aliphatic hydroxyl groups is 10. The number of primary amides is 1. The van der Waals surface area contributed by atoms with Crippen LogP contribution < -0.4 is 16.8 Å². The molecule has 0 saturated heterocycles. The van der Waals surface area contributed by atoms with Crippen LogP contribution in [0.1, 0.15) is 25.7 Å². The fraction of sp³-hybridized carbons (Fsp3) is 0.956. The number of nitrogens with two attached hydrogens (primary N) is 2. The molecule has 2 amide bonds. The van der Waals surface area contributed by atoms with Gasteiger partial charge < -0.3 is 125 Å². The van der Waals surface area contributed by atoms with E-state index in [0.717, 1.165) is 6.42 Å². The van der Waals surface area contributed by atoms with Crippen LogP contribution in [-0.4, -0.2) is 321 Å². The van der Waals surface area contributed by atoms with Crippen LogP contribution >= 0.6 is 0 Å². The number of ether oxygens (including phenoxy) is 12. The number of carbonyl (C=O) groups is 2. The molecule has 0 aliphatic heterocycles. The number of amides is 2. The predicted molar refractivity (Wildman–Crippen MR) is 257 cm³/mol. The van der Waals surface area contributed by atoms with Crippen molar-refractivity contribution in [3.63, 3.8) is 0 Å². The number of nitrogens with one attached hydrogen (secondary N) is 1. The van der Waals surface area contributed by atoms with Gasteiger partial charge in [0.25, 0.3) is 0 Å². The average molecular weight is 1070 g/mol. The third-order valence-corrected chi connectivity index (χ3v) is 10.3. The monoisotopic (exact) mass is 1070 g/mol. The van der Waals surface area contributed by atoms with Gasteiger partial charge in [-0.2, -0.15) is 0 Å². The SMILES string of the molecule is NC(=O)[C@@H](N)CCCCNC(=O)CCOCCOCCOCCOCCOCCOCCOCCOCCOCCOCCOCCOCCN(C[C@H](O)[C@@H](O)[C@H](O)[C@H](O)CO)C[C@H](O)[C@@H](O)[C@H](O)[C@H](O)CO. The van der Waals surface area contributed by atoms with Crippen LogP contribution in [-0.2, 0) is 66.4 Å². The molecule has 15 N–H and O–H groups in total. The molecule has 0 heterocycles. The zero-order valence-electron chi connectivity index (χ0n) is 42.5. The number of carbonyl (C=O) groups excluding carboxylic acids is 2. The van der Waals surface area contributed by atoms with Gasteiger partial charge in [0, 0.05) is 32.6 Å². The summed E-state index contributed by atoms with van der Waals surface area (Å²) in [6.45, 7) is 6.75. The quantitative estimate of drug-likeness (QED) is 0.0252. The largest absolute Gasteiger partial charge is 0.394 e. The lowest BCUT2D eigenvalue weighted by molar-refractivity contribution is -0.131. The van der Waals surface area contributed by atoms with Crippen molar-refractivity contribution in [2.24, 2.45) is 11.5 Å². The standard InChI is InChI=1S/C45H92N4O24/c46-35(45(47)61)3-1-2-5-48-40(56)4-7-62-9-11-64-13-15-66-17-19-68-21-23-70-25-27-72-29-30-73-28-26-71-24-22-69-20-18-67-16-14-65-12-10-63-8-6-49(31-36(52)41(57)43(59)38(54)33-50)32-37(53)42(58)44(60)39(55)34-51/h35-39,41-44,50-55,57-60H,1-34,46H2,(H2,47,61)(H,48,56)/t35-,36-,37-,38+,39+,41+,42+,43+,44+/m0/s1. The number of hydrogen-bond acceptors (Lipinski definition) is 26. The number of nitrogens with zero attached hydrogens (tertiary/aromatic N) is 1. The molecule has 0 spiro atoms. The molecule has 0 aromatic heterocycles. The van der Waals surface area contributed by atoms with E-state index < -0.39 is 87.1 Å². The Morgan fingerprint density at radius 3 is 0.973 bits per heavy atom. The van der Waals surface area contributed by atoms with Gasteiger partial charge in [0.1, 0.15) is 36.6 Å². The van der Waals surface area contributed by atoms with E-state index in [1.54, 1.807) is 0 Å². The average Bonchev–Trinajstić information content (AvgIpc) is 3.38. The van der Waals surface area contributed by atoms with Crippen molar-refractivity contribution < 1.29 is 117 Å². The molecule has 0 radical (unpaired) electrons. The van der Waals surface area contributed by atoms with Crippen molar-refractivity contribution in [2.45, 2.75) is 80.6 Å². The van der Waals surface area contributed by atoms with Crippen molar-refractivity contribution in [1.82, 2.24) is 10.2 Å². The van der Waals surface area contributed by atoms with Gasteiger partial charge in [0.15, 0.2) is 0 Å². The van der Waals surface area contributed by atoms with E-state index in [0.29, 0.717) is 158 Å². The number of hydrogen-bond donors (Lipinski definition) is 13. The van der Waals surface area contributed by atoms with E-state index in [2.05, 4.69) is 5.32 Å². The second-order valence-corrected chi connectivity index (χ2v) is 16.3. The van der Waals surface area contributed by atoms with E-state index in [4.69, 9.17) is 78.5 Å². The highest BCUT2D eigenvalue weighted by atomic mass is 16.6. The first-order valence-electron chi connectivity index (χ1n) is 24.9. The number of rotatable bonds is 57. The molecule has 28 nitrogen and oxygen atoms in total. The Morgan fingerprint density at radius 1 is 0.411 bits per heavy atom. The second-order valence-electron chi connectivity index (χ2n) is 16.3. The maximum atomic E-state index is 11.8. The first kappa shape index (κ1) is 71.0. The Kier molecular flexibility index (Phi) is 49.4. The second kappa shape index (κ2) is 50.8. The van der Waals surface area contributed by atoms with Crippen LogP contribution in [0.2, 0.25) is 0 Å². The molecule has 9 atom stereocenters. The number of unbranched alkanes of at least 4 members (excludes halogenated alkanes) is 1. The van der Waals surface area contributed by atoms with Gasteiger partial charge in [-0.3, -0.25) is 14.5 Å². The Morgan fingerprint density at radius 2 is 0.685 bits per heavy atom. The van der Waals surface area contributed by atoms with Gasteiger partial charge in [-0.1, -0.05) is 0 Å². The van der Waals surface area contributed by atoms with Crippen molar-refractivity contribution in [3.8, 4) is 0 Å². The van der Waals surface area contributed by atoms with Crippen LogP contribution in [0.3, 0.4) is 0 Å². The minimum absolute atomic E-state index is 0.0231. The fourth-order valence-electron chi connectivity index (χ4n) is 5.96. The third kappa shape index (κ3) is 42.7. The fourth-order valence-corrected chi connectivity index (χ4v) is 5.96. The molecular formula is C45H92N4O24. The normalized spacial score (nSPS) is 15.7. The van der Waals surface area contributed by atoms with Gasteiger partial charge in [0.05, 0.1) is 190 Å². The topological polar surface area (TPSA) is 415 Å². The first-order valence-corrected chi connectivity index (χ1v) is 24.9. The summed E-state index contributed by atoms with van der Waals surface area (Å²) in [7, 11) is 0. The Balaban J connectivity index is 3.58. The van der Waals surface area contributed by atoms with Crippen LogP contribution in [0.25, 0.3) is 0 Å². The molecule has 0 aromatic carbocycles. The van der Waals surface area contributed by atoms with Gasteiger partial charge in [0.2, 0.25) is 11.8 Å². The molecule has 0 aliphatic carbocycles. The molecule has 0 bridgehead atoms. The Bertz CT molecular complexity index is 1200. The van der Waals surface area contributed by atoms with E-state index in [1.807, 2.05) is 0 Å². The summed E-state index contributed by atoms with van der Waals surface area (Å²) in [5.41, 5.74) is 10.7. The highest BCUT2D eigenvalue weighted by Crippen LogP contribution is 2.11. The summed E-state index contributed by atoms with van der Waals surface area (Å²) in [5.74, 6) is -0.624. The highest BCUT2D eigenvalue weighted by Gasteiger charge is 2.34. The van der Waals surface area contributed by atoms with Crippen molar-refractivity contribution in [1.29, 1.82) is 0 Å². The molecular weight excluding hydrogens is 980 g/mol. The summed E-state index contributed by atoms with van der Waals surface area (Å²) < 4.78 is 65.7. The zero-order chi connectivity index (χ0) is 54.2. The molecule has 436 valence electrons. The summed E-state index contributed by atoms with van der Waals surface area (Å²) in [6.07, 6.45) is -12.2. The van der Waals surface area contributed by atoms with Crippen molar-refractivity contribution >= 4 is 11.8 Å². The third-order valence-electron chi connectivity index (χ3n) is 10.3. The maximum Gasteiger partial charge on any atom is 0.234 e. The summed E-state index contributed by atoms with van der Waals surface area (Å²) in [6, 6.07) is -0.647. The highest BCUT2D eigenvalue weighted by molar-refractivity contribution is 5.79. The van der Waals surface area contributed by atoms with Gasteiger partial charge in [-0.05, 0) is 19.3 Å². The van der Waals surface area contributed by atoms with E-state index in [1.165, 1.54) is 4.90 Å². The molecule has 73 heavy (non-hydrogen) atoms. The Hall–Kier alpha value is -2.02. The lowest BCUT2D eigenvalue weighted by atomic mass is 10.0. The number of aliphatic hydroxyl groups excluding tert-OH is 10. The lowest BCUT2D eigenvalue weighted by Crippen LogP contribution is -2.53. The van der Waals surface area contributed by atoms with Gasteiger partial charge >= 0.3 is 0 Å². The molecule has 0 unspecified atom stereocenters. The summed E-state index contributed by atoms with van der Waals surface area (Å²) in [5, 5.41) is 101. The summed E-state index contributed by atoms with van der Waals surface area (Å²) >= 11 is 0. The molecule has 0 saturated carbocycles. The smallest absolute Gasteiger partial charge is 0.234 e. The van der Waals surface area contributed by atoms with Crippen LogP contribution in [0.15, 0.2) is 0 Å². The lowest BCUT2D eigenvalue weighted by Gasteiger charge is -2.33. The van der Waals surface area contributed by atoms with Crippen LogP contribution in [0, 0.1) is 0 Å². The van der Waals surface area contributed by atoms with Crippen molar-refractivity contribution in [2.75, 3.05) is 198 Å². The first-order chi connectivity index (χ1) is 35.3. The van der Waals surface area contributed by atoms with Crippen molar-refractivity contribution in [3.05, 3.63) is 0 Å². The Labute approximate surface area is 428 Å². The minimum atomic E-state index is -1.88. The molecule has 0 aliphatic rings. The zero-order valence-corrected chi connectivity index (χ0v) is 42.5. The molecule has 0 aromatic rings. The van der Waals surface area contributed by atoms with Gasteiger partial charge in [-0.15, -0.1) is 0 Å². The van der Waals surface area contributed by atoms with Crippen LogP contribution in [0.5, 0.6) is 0 Å². The van der Waals surface area contributed by atoms with E-state index in [9.17, 15) is 50.4 Å². The summed E-state index contributed by atoms with van der Waals surface area (Å²) in [4.78, 5) is 24.0. The van der Waals surface area contributed by atoms with E-state index in [-0.39, 0.29) is 38.7 Å². The van der Waals surface area contributed by atoms with E-state index >= 15 is 0 Å². The predicted octanol–water partition coefficient (Wildman–Crippen LogP) is -7.15.